The highest BCUT2D eigenvalue weighted by Gasteiger charge is 2.14. The first-order valence-corrected chi connectivity index (χ1v) is 7.18. The second-order valence-corrected chi connectivity index (χ2v) is 5.90. The van der Waals surface area contributed by atoms with Crippen LogP contribution in [0.15, 0.2) is 23.1 Å². The van der Waals surface area contributed by atoms with Crippen molar-refractivity contribution in [1.82, 2.24) is 0 Å². The molecule has 0 heterocycles. The average Bonchev–Trinajstić information content (AvgIpc) is 2.17. The zero-order chi connectivity index (χ0) is 12.1. The molecule has 1 rings (SSSR count). The number of rotatable bonds is 5. The molecule has 0 saturated heterocycles. The molecule has 0 aliphatic rings. The molecule has 0 amide bonds. The van der Waals surface area contributed by atoms with Crippen molar-refractivity contribution in [1.29, 1.82) is 0 Å². The van der Waals surface area contributed by atoms with E-state index in [1.54, 1.807) is 18.2 Å². The summed E-state index contributed by atoms with van der Waals surface area (Å²) >= 11 is 6.01. The summed E-state index contributed by atoms with van der Waals surface area (Å²) in [6, 6.07) is 5.24. The normalized spacial score (nSPS) is 14.7. The van der Waals surface area contributed by atoms with E-state index in [-0.39, 0.29) is 0 Å². The number of benzene rings is 1. The van der Waals surface area contributed by atoms with E-state index in [2.05, 4.69) is 13.8 Å². The molecule has 0 aromatic heterocycles. The van der Waals surface area contributed by atoms with E-state index in [0.717, 1.165) is 12.8 Å². The molecule has 2 atom stereocenters. The maximum Gasteiger partial charge on any atom is 0.0803 e. The lowest BCUT2D eigenvalue weighted by Gasteiger charge is -2.12. The fourth-order valence-electron chi connectivity index (χ4n) is 1.68. The number of anilines is 1. The van der Waals surface area contributed by atoms with E-state index < -0.39 is 10.8 Å². The highest BCUT2D eigenvalue weighted by molar-refractivity contribution is 7.85. The van der Waals surface area contributed by atoms with E-state index >= 15 is 0 Å². The Morgan fingerprint density at radius 3 is 2.75 bits per heavy atom. The first kappa shape index (κ1) is 13.5. The Hall–Kier alpha value is -0.540. The van der Waals surface area contributed by atoms with Gasteiger partial charge in [0, 0.05) is 11.4 Å². The van der Waals surface area contributed by atoms with Crippen LogP contribution >= 0.6 is 11.6 Å². The van der Waals surface area contributed by atoms with Gasteiger partial charge in [-0.2, -0.15) is 0 Å². The third kappa shape index (κ3) is 3.49. The van der Waals surface area contributed by atoms with Crippen LogP contribution in [-0.4, -0.2) is 9.96 Å². The van der Waals surface area contributed by atoms with Gasteiger partial charge in [0.1, 0.15) is 0 Å². The van der Waals surface area contributed by atoms with Gasteiger partial charge in [0.2, 0.25) is 0 Å². The molecule has 0 saturated carbocycles. The largest absolute Gasteiger partial charge is 0.398 e. The summed E-state index contributed by atoms with van der Waals surface area (Å²) in [5.74, 6) is 1.06. The molecular formula is C12H18ClNOS. The standard InChI is InChI=1S/C12H18ClNOS/c1-3-5-9(2)8-16(15)12-10(13)6-4-7-11(12)14/h4,6-7,9H,3,5,8,14H2,1-2H3. The molecular weight excluding hydrogens is 242 g/mol. The van der Waals surface area contributed by atoms with Gasteiger partial charge >= 0.3 is 0 Å². The topological polar surface area (TPSA) is 43.1 Å². The first-order chi connectivity index (χ1) is 7.56. The van der Waals surface area contributed by atoms with Gasteiger partial charge in [-0.3, -0.25) is 4.21 Å². The lowest BCUT2D eigenvalue weighted by molar-refractivity contribution is 0.574. The second-order valence-electron chi connectivity index (χ2n) is 4.06. The third-order valence-electron chi connectivity index (χ3n) is 2.44. The molecule has 2 nitrogen and oxygen atoms in total. The number of nitrogen functional groups attached to an aromatic ring is 1. The van der Waals surface area contributed by atoms with Gasteiger partial charge in [-0.25, -0.2) is 0 Å². The molecule has 16 heavy (non-hydrogen) atoms. The van der Waals surface area contributed by atoms with E-state index in [4.69, 9.17) is 17.3 Å². The lowest BCUT2D eigenvalue weighted by atomic mass is 10.1. The summed E-state index contributed by atoms with van der Waals surface area (Å²) in [6.07, 6.45) is 2.19. The van der Waals surface area contributed by atoms with Gasteiger partial charge < -0.3 is 5.73 Å². The summed E-state index contributed by atoms with van der Waals surface area (Å²) in [5, 5.41) is 0.502. The summed E-state index contributed by atoms with van der Waals surface area (Å²) in [6.45, 7) is 4.23. The van der Waals surface area contributed by atoms with Crippen molar-refractivity contribution in [2.45, 2.75) is 31.6 Å². The van der Waals surface area contributed by atoms with Gasteiger partial charge in [0.15, 0.2) is 0 Å². The monoisotopic (exact) mass is 259 g/mol. The van der Waals surface area contributed by atoms with Crippen LogP contribution in [0.3, 0.4) is 0 Å². The number of halogens is 1. The van der Waals surface area contributed by atoms with Crippen LogP contribution in [0, 0.1) is 5.92 Å². The predicted octanol–water partition coefficient (Wildman–Crippen LogP) is 3.47. The maximum absolute atomic E-state index is 12.1. The van der Waals surface area contributed by atoms with Gasteiger partial charge in [-0.05, 0) is 18.1 Å². The molecule has 2 unspecified atom stereocenters. The Balaban J connectivity index is 2.80. The van der Waals surface area contributed by atoms with Crippen LogP contribution in [0.25, 0.3) is 0 Å². The van der Waals surface area contributed by atoms with Crippen molar-refractivity contribution >= 4 is 28.1 Å². The van der Waals surface area contributed by atoms with Crippen LogP contribution in [0.1, 0.15) is 26.7 Å². The van der Waals surface area contributed by atoms with Gasteiger partial charge in [0.25, 0.3) is 0 Å². The lowest BCUT2D eigenvalue weighted by Crippen LogP contribution is -2.10. The van der Waals surface area contributed by atoms with E-state index in [0.29, 0.717) is 27.3 Å². The molecule has 1 aromatic carbocycles. The molecule has 4 heteroatoms. The fourth-order valence-corrected chi connectivity index (χ4v) is 3.59. The molecule has 0 bridgehead atoms. The Morgan fingerprint density at radius 2 is 2.19 bits per heavy atom. The molecule has 0 radical (unpaired) electrons. The number of hydrogen-bond donors (Lipinski definition) is 1. The van der Waals surface area contributed by atoms with Crippen LogP contribution in [0.2, 0.25) is 5.02 Å². The van der Waals surface area contributed by atoms with Crippen LogP contribution < -0.4 is 5.73 Å². The second kappa shape index (κ2) is 6.26. The van der Waals surface area contributed by atoms with Crippen molar-refractivity contribution < 1.29 is 4.21 Å². The highest BCUT2D eigenvalue weighted by Crippen LogP contribution is 2.27. The van der Waals surface area contributed by atoms with E-state index in [9.17, 15) is 4.21 Å². The molecule has 0 fully saturated rings. The minimum atomic E-state index is -1.10. The highest BCUT2D eigenvalue weighted by atomic mass is 35.5. The SMILES string of the molecule is CCCC(C)CS(=O)c1c(N)cccc1Cl. The van der Waals surface area contributed by atoms with Crippen molar-refractivity contribution in [2.75, 3.05) is 11.5 Å². The minimum Gasteiger partial charge on any atom is -0.398 e. The molecule has 0 aliphatic carbocycles. The molecule has 0 spiro atoms. The summed E-state index contributed by atoms with van der Waals surface area (Å²) in [7, 11) is -1.10. The zero-order valence-corrected chi connectivity index (χ0v) is 11.3. The van der Waals surface area contributed by atoms with Crippen LogP contribution in [-0.2, 0) is 10.8 Å². The van der Waals surface area contributed by atoms with Crippen molar-refractivity contribution in [3.8, 4) is 0 Å². The summed E-state index contributed by atoms with van der Waals surface area (Å²) in [5.41, 5.74) is 6.32. The van der Waals surface area contributed by atoms with Crippen molar-refractivity contribution in [3.63, 3.8) is 0 Å². The van der Waals surface area contributed by atoms with Gasteiger partial charge in [-0.1, -0.05) is 44.4 Å². The zero-order valence-electron chi connectivity index (χ0n) is 9.70. The summed E-state index contributed by atoms with van der Waals surface area (Å²) in [4.78, 5) is 0.590. The molecule has 1 aromatic rings. The molecule has 90 valence electrons. The van der Waals surface area contributed by atoms with Crippen molar-refractivity contribution in [2.24, 2.45) is 5.92 Å². The average molecular weight is 260 g/mol. The Labute approximate surface area is 105 Å². The summed E-state index contributed by atoms with van der Waals surface area (Å²) < 4.78 is 12.1. The van der Waals surface area contributed by atoms with Gasteiger partial charge in [0.05, 0.1) is 20.7 Å². The smallest absolute Gasteiger partial charge is 0.0803 e. The predicted molar refractivity (Wildman–Crippen MR) is 71.2 cm³/mol. The minimum absolute atomic E-state index is 0.432. The van der Waals surface area contributed by atoms with Gasteiger partial charge in [-0.15, -0.1) is 0 Å². The number of nitrogens with two attached hydrogens (primary N) is 1. The Kier molecular flexibility index (Phi) is 5.29. The fraction of sp³-hybridized carbons (Fsp3) is 0.500. The van der Waals surface area contributed by atoms with Crippen molar-refractivity contribution in [3.05, 3.63) is 23.2 Å². The molecule has 0 aliphatic heterocycles. The first-order valence-electron chi connectivity index (χ1n) is 5.48. The van der Waals surface area contributed by atoms with Crippen LogP contribution in [0.4, 0.5) is 5.69 Å². The van der Waals surface area contributed by atoms with E-state index in [1.165, 1.54) is 0 Å². The van der Waals surface area contributed by atoms with Crippen LogP contribution in [0.5, 0.6) is 0 Å². The maximum atomic E-state index is 12.1. The van der Waals surface area contributed by atoms with E-state index in [1.807, 2.05) is 0 Å². The third-order valence-corrected chi connectivity index (χ3v) is 4.65. The molecule has 2 N–H and O–H groups in total. The number of hydrogen-bond acceptors (Lipinski definition) is 2. The quantitative estimate of drug-likeness (QED) is 0.823. The Morgan fingerprint density at radius 1 is 1.50 bits per heavy atom. The Bertz CT molecular complexity index is 361.